The van der Waals surface area contributed by atoms with E-state index in [1.165, 1.54) is 12.8 Å². The maximum Gasteiger partial charge on any atom is 0.272 e. The topological polar surface area (TPSA) is 59.8 Å². The largest absolute Gasteiger partial charge is 0.381 e. The lowest BCUT2D eigenvalue weighted by Crippen LogP contribution is -2.50. The van der Waals surface area contributed by atoms with Gasteiger partial charge in [0, 0.05) is 65.0 Å². The second-order valence-electron chi connectivity index (χ2n) is 8.28. The van der Waals surface area contributed by atoms with Crippen LogP contribution in [0.4, 0.5) is 0 Å². The van der Waals surface area contributed by atoms with Crippen LogP contribution in [0.25, 0.3) is 0 Å². The summed E-state index contributed by atoms with van der Waals surface area (Å²) in [5.74, 6) is 0.867. The van der Waals surface area contributed by atoms with E-state index >= 15 is 0 Å². The molecule has 2 atom stereocenters. The van der Waals surface area contributed by atoms with E-state index in [-0.39, 0.29) is 18.1 Å². The number of hydrogen-bond acceptors (Lipinski definition) is 5. The highest BCUT2D eigenvalue weighted by atomic mass is 16.5. The SMILES string of the molecule is C[C@@H]1Cc2c(nn(C)c2C(=O)N2CCN(CC3CCOCC3)CC2)[C@H](C)O1. The van der Waals surface area contributed by atoms with Crippen molar-refractivity contribution in [3.63, 3.8) is 0 Å². The standard InChI is InChI=1S/C20H32N4O3/c1-14-12-17-18(15(2)27-14)21-22(3)19(17)20(25)24-8-6-23(7-9-24)13-16-4-10-26-11-5-16/h14-16H,4-13H2,1-3H3/t14-,15+/m1/s1. The van der Waals surface area contributed by atoms with E-state index in [1.54, 1.807) is 4.68 Å². The number of carbonyl (C=O) groups is 1. The Morgan fingerprint density at radius 2 is 1.85 bits per heavy atom. The van der Waals surface area contributed by atoms with Gasteiger partial charge in [-0.15, -0.1) is 0 Å². The average Bonchev–Trinajstić information content (AvgIpc) is 2.99. The van der Waals surface area contributed by atoms with Crippen LogP contribution in [-0.2, 0) is 22.9 Å². The molecule has 0 saturated carbocycles. The number of hydrogen-bond donors (Lipinski definition) is 0. The zero-order chi connectivity index (χ0) is 19.0. The molecule has 0 aliphatic carbocycles. The summed E-state index contributed by atoms with van der Waals surface area (Å²) in [5.41, 5.74) is 2.76. The first-order chi connectivity index (χ1) is 13.0. The number of carbonyl (C=O) groups excluding carboxylic acids is 1. The molecule has 1 aromatic rings. The predicted octanol–water partition coefficient (Wildman–Crippen LogP) is 1.63. The molecule has 1 aromatic heterocycles. The Labute approximate surface area is 161 Å². The van der Waals surface area contributed by atoms with Gasteiger partial charge in [0.05, 0.1) is 17.9 Å². The van der Waals surface area contributed by atoms with Crippen molar-refractivity contribution in [2.24, 2.45) is 13.0 Å². The Morgan fingerprint density at radius 1 is 1.15 bits per heavy atom. The molecule has 4 heterocycles. The van der Waals surface area contributed by atoms with Gasteiger partial charge >= 0.3 is 0 Å². The van der Waals surface area contributed by atoms with Gasteiger partial charge in [-0.05, 0) is 32.6 Å². The van der Waals surface area contributed by atoms with Crippen molar-refractivity contribution in [2.45, 2.75) is 45.3 Å². The third-order valence-electron chi connectivity index (χ3n) is 6.21. The quantitative estimate of drug-likeness (QED) is 0.802. The van der Waals surface area contributed by atoms with Crippen LogP contribution >= 0.6 is 0 Å². The monoisotopic (exact) mass is 376 g/mol. The van der Waals surface area contributed by atoms with Gasteiger partial charge in [-0.2, -0.15) is 5.10 Å². The molecular weight excluding hydrogens is 344 g/mol. The van der Waals surface area contributed by atoms with E-state index < -0.39 is 0 Å². The molecule has 0 aromatic carbocycles. The smallest absolute Gasteiger partial charge is 0.272 e. The van der Waals surface area contributed by atoms with Crippen molar-refractivity contribution in [2.75, 3.05) is 45.9 Å². The number of amides is 1. The highest BCUT2D eigenvalue weighted by Crippen LogP contribution is 2.31. The third kappa shape index (κ3) is 3.91. The molecule has 150 valence electrons. The number of fused-ring (bicyclic) bond motifs is 1. The van der Waals surface area contributed by atoms with Gasteiger partial charge < -0.3 is 14.4 Å². The van der Waals surface area contributed by atoms with Crippen LogP contribution < -0.4 is 0 Å². The summed E-state index contributed by atoms with van der Waals surface area (Å²) < 4.78 is 13.1. The molecular formula is C20H32N4O3. The molecule has 27 heavy (non-hydrogen) atoms. The Kier molecular flexibility index (Phi) is 5.53. The maximum absolute atomic E-state index is 13.3. The molecule has 0 unspecified atom stereocenters. The Hall–Kier alpha value is -1.44. The first-order valence-corrected chi connectivity index (χ1v) is 10.3. The lowest BCUT2D eigenvalue weighted by atomic mass is 9.98. The molecule has 0 radical (unpaired) electrons. The summed E-state index contributed by atoms with van der Waals surface area (Å²) in [7, 11) is 1.88. The van der Waals surface area contributed by atoms with Gasteiger partial charge in [-0.25, -0.2) is 0 Å². The fourth-order valence-electron chi connectivity index (χ4n) is 4.71. The predicted molar refractivity (Wildman–Crippen MR) is 102 cm³/mol. The van der Waals surface area contributed by atoms with Crippen LogP contribution in [0.5, 0.6) is 0 Å². The van der Waals surface area contributed by atoms with Crippen molar-refractivity contribution < 1.29 is 14.3 Å². The van der Waals surface area contributed by atoms with Gasteiger partial charge in [0.15, 0.2) is 0 Å². The van der Waals surface area contributed by atoms with Gasteiger partial charge in [0.2, 0.25) is 0 Å². The number of ether oxygens (including phenoxy) is 2. The molecule has 7 heteroatoms. The molecule has 2 fully saturated rings. The summed E-state index contributed by atoms with van der Waals surface area (Å²) in [4.78, 5) is 17.8. The number of piperazine rings is 1. The van der Waals surface area contributed by atoms with Crippen LogP contribution in [0.3, 0.4) is 0 Å². The molecule has 1 amide bonds. The van der Waals surface area contributed by atoms with Crippen molar-refractivity contribution in [3.8, 4) is 0 Å². The maximum atomic E-state index is 13.3. The average molecular weight is 377 g/mol. The van der Waals surface area contributed by atoms with Crippen molar-refractivity contribution >= 4 is 5.91 Å². The molecule has 0 N–H and O–H groups in total. The van der Waals surface area contributed by atoms with Crippen LogP contribution in [0.2, 0.25) is 0 Å². The van der Waals surface area contributed by atoms with Gasteiger partial charge in [0.25, 0.3) is 5.91 Å². The fourth-order valence-corrected chi connectivity index (χ4v) is 4.71. The van der Waals surface area contributed by atoms with E-state index in [2.05, 4.69) is 16.9 Å². The van der Waals surface area contributed by atoms with Crippen LogP contribution in [0, 0.1) is 5.92 Å². The minimum absolute atomic E-state index is 0.0483. The molecule has 3 aliphatic heterocycles. The molecule has 0 spiro atoms. The summed E-state index contributed by atoms with van der Waals surface area (Å²) in [6.45, 7) is 10.5. The Balaban J connectivity index is 1.40. The van der Waals surface area contributed by atoms with Gasteiger partial charge in [0.1, 0.15) is 5.69 Å². The number of aryl methyl sites for hydroxylation is 1. The van der Waals surface area contributed by atoms with E-state index in [9.17, 15) is 4.79 Å². The first kappa shape index (κ1) is 18.9. The number of nitrogens with zero attached hydrogens (tertiary/aromatic N) is 4. The highest BCUT2D eigenvalue weighted by molar-refractivity contribution is 5.94. The minimum Gasteiger partial charge on any atom is -0.381 e. The van der Waals surface area contributed by atoms with Gasteiger partial charge in [-0.3, -0.25) is 14.4 Å². The lowest BCUT2D eigenvalue weighted by molar-refractivity contribution is -0.00716. The molecule has 4 rings (SSSR count). The van der Waals surface area contributed by atoms with Crippen LogP contribution in [0.1, 0.15) is 54.5 Å². The summed E-state index contributed by atoms with van der Waals surface area (Å²) in [6, 6.07) is 0. The number of aromatic nitrogens is 2. The lowest BCUT2D eigenvalue weighted by Gasteiger charge is -2.37. The van der Waals surface area contributed by atoms with Crippen molar-refractivity contribution in [1.82, 2.24) is 19.6 Å². The molecule has 7 nitrogen and oxygen atoms in total. The highest BCUT2D eigenvalue weighted by Gasteiger charge is 2.34. The van der Waals surface area contributed by atoms with E-state index in [0.717, 1.165) is 75.2 Å². The summed E-state index contributed by atoms with van der Waals surface area (Å²) in [5, 5.41) is 4.60. The molecule has 0 bridgehead atoms. The third-order valence-corrected chi connectivity index (χ3v) is 6.21. The van der Waals surface area contributed by atoms with Gasteiger partial charge in [-0.1, -0.05) is 0 Å². The van der Waals surface area contributed by atoms with Crippen LogP contribution in [-0.4, -0.2) is 77.5 Å². The van der Waals surface area contributed by atoms with E-state index in [0.29, 0.717) is 0 Å². The Bertz CT molecular complexity index is 675. The summed E-state index contributed by atoms with van der Waals surface area (Å²) >= 11 is 0. The summed E-state index contributed by atoms with van der Waals surface area (Å²) in [6.07, 6.45) is 3.17. The first-order valence-electron chi connectivity index (χ1n) is 10.3. The minimum atomic E-state index is -0.0483. The molecule has 2 saturated heterocycles. The zero-order valence-corrected chi connectivity index (χ0v) is 16.8. The Morgan fingerprint density at radius 3 is 2.56 bits per heavy atom. The number of rotatable bonds is 3. The van der Waals surface area contributed by atoms with Crippen LogP contribution in [0.15, 0.2) is 0 Å². The molecule has 3 aliphatic rings. The van der Waals surface area contributed by atoms with Crippen molar-refractivity contribution in [3.05, 3.63) is 17.0 Å². The fraction of sp³-hybridized carbons (Fsp3) is 0.800. The zero-order valence-electron chi connectivity index (χ0n) is 16.8. The second-order valence-corrected chi connectivity index (χ2v) is 8.28. The van der Waals surface area contributed by atoms with Crippen molar-refractivity contribution in [1.29, 1.82) is 0 Å². The normalized spacial score (nSPS) is 27.6. The van der Waals surface area contributed by atoms with E-state index in [1.807, 2.05) is 18.9 Å². The van der Waals surface area contributed by atoms with E-state index in [4.69, 9.17) is 9.47 Å². The second kappa shape index (κ2) is 7.89.